The van der Waals surface area contributed by atoms with Crippen molar-refractivity contribution in [2.45, 2.75) is 0 Å². The number of nitrogen functional groups attached to an aromatic ring is 1. The molecule has 0 saturated carbocycles. The number of nitrogens with zero attached hydrogens (tertiary/aromatic N) is 7. The van der Waals surface area contributed by atoms with Gasteiger partial charge in [-0.15, -0.1) is 5.10 Å². The van der Waals surface area contributed by atoms with Crippen LogP contribution in [0.5, 0.6) is 0 Å². The fraction of sp³-hybridized carbons (Fsp3) is 0. The van der Waals surface area contributed by atoms with Crippen LogP contribution in [0.4, 0.5) is 11.9 Å². The molecule has 2 rings (SSSR count). The van der Waals surface area contributed by atoms with Crippen LogP contribution < -0.4 is 5.73 Å². The minimum absolute atomic E-state index is 0. The first-order valence-electron chi connectivity index (χ1n) is 3.29. The maximum absolute atomic E-state index is 10.3. The summed E-state index contributed by atoms with van der Waals surface area (Å²) in [6.45, 7) is 0. The molecule has 0 saturated heterocycles. The van der Waals surface area contributed by atoms with Gasteiger partial charge in [0.15, 0.2) is 0 Å². The molecule has 0 aliphatic rings. The normalized spacial score (nSPS) is 9.60. The van der Waals surface area contributed by atoms with Gasteiger partial charge >= 0.3 is 17.8 Å². The van der Waals surface area contributed by atoms with Gasteiger partial charge in [0.2, 0.25) is 0 Å². The molecule has 15 heavy (non-hydrogen) atoms. The Bertz CT molecular complexity index is 459. The van der Waals surface area contributed by atoms with Crippen molar-refractivity contribution in [3.8, 4) is 5.95 Å². The molecule has 2 aromatic heterocycles. The lowest BCUT2D eigenvalue weighted by Crippen LogP contribution is -2.04. The van der Waals surface area contributed by atoms with Crippen molar-refractivity contribution >= 4 is 11.9 Å². The maximum atomic E-state index is 10.3. The molecule has 12 heteroatoms. The molecule has 0 amide bonds. The third kappa shape index (κ3) is 1.68. The van der Waals surface area contributed by atoms with E-state index in [1.807, 2.05) is 0 Å². The summed E-state index contributed by atoms with van der Waals surface area (Å²) in [4.78, 5) is 12.9. The summed E-state index contributed by atoms with van der Waals surface area (Å²) >= 11 is 0. The Morgan fingerprint density at radius 1 is 1.53 bits per heavy atom. The predicted octanol–water partition coefficient (Wildman–Crippen LogP) is -2.55. The number of rotatable bonds is 2. The number of hydrogen-bond acceptors (Lipinski definition) is 8. The van der Waals surface area contributed by atoms with Crippen LogP contribution >= 0.6 is 0 Å². The molecule has 0 unspecified atom stereocenters. The van der Waals surface area contributed by atoms with Crippen molar-refractivity contribution in [3.63, 3.8) is 0 Å². The highest BCUT2D eigenvalue weighted by Gasteiger charge is 2.22. The molecule has 0 bridgehead atoms. The van der Waals surface area contributed by atoms with Gasteiger partial charge < -0.3 is 21.3 Å². The van der Waals surface area contributed by atoms with Crippen LogP contribution in [0.3, 0.4) is 0 Å². The lowest BCUT2D eigenvalue weighted by molar-refractivity contribution is -0.394. The Balaban J connectivity index is 0.00000112. The molecule has 2 aromatic rings. The summed E-state index contributed by atoms with van der Waals surface area (Å²) < 4.78 is 0.904. The maximum Gasteiger partial charge on any atom is 0.493 e. The zero-order chi connectivity index (χ0) is 10.1. The summed E-state index contributed by atoms with van der Waals surface area (Å²) in [6.07, 6.45) is 0. The van der Waals surface area contributed by atoms with Crippen LogP contribution in [0.15, 0.2) is 0 Å². The average Bonchev–Trinajstić information content (AvgIpc) is 2.71. The Kier molecular flexibility index (Phi) is 2.52. The van der Waals surface area contributed by atoms with Crippen LogP contribution in [0, 0.1) is 10.1 Å². The second-order valence-electron chi connectivity index (χ2n) is 2.15. The molecular weight excluding hydrogens is 210 g/mol. The second-order valence-corrected chi connectivity index (χ2v) is 2.15. The van der Waals surface area contributed by atoms with Crippen LogP contribution in [0.25, 0.3) is 5.95 Å². The van der Waals surface area contributed by atoms with Gasteiger partial charge in [0.1, 0.15) is 0 Å². The number of nitrogens with two attached hydrogens (primary N) is 1. The minimum Gasteiger partial charge on any atom is -0.412 e. The van der Waals surface area contributed by atoms with Crippen molar-refractivity contribution in [2.24, 2.45) is 0 Å². The van der Waals surface area contributed by atoms with E-state index >= 15 is 0 Å². The minimum atomic E-state index is -0.771. The summed E-state index contributed by atoms with van der Waals surface area (Å²) in [5, 5.41) is 26.2. The van der Waals surface area contributed by atoms with E-state index in [1.54, 1.807) is 0 Å². The van der Waals surface area contributed by atoms with Gasteiger partial charge in [-0.05, 0) is 15.1 Å². The van der Waals surface area contributed by atoms with Gasteiger partial charge in [0.05, 0.1) is 0 Å². The summed E-state index contributed by atoms with van der Waals surface area (Å²) in [5.74, 6) is -0.812. The third-order valence-electron chi connectivity index (χ3n) is 1.31. The van der Waals surface area contributed by atoms with E-state index in [0.717, 1.165) is 4.68 Å². The fourth-order valence-corrected chi connectivity index (χ4v) is 0.784. The Morgan fingerprint density at radius 2 is 2.27 bits per heavy atom. The number of anilines is 1. The zero-order valence-electron chi connectivity index (χ0n) is 7.02. The second kappa shape index (κ2) is 3.62. The van der Waals surface area contributed by atoms with Crippen LogP contribution in [0.1, 0.15) is 0 Å². The molecule has 0 aliphatic heterocycles. The summed E-state index contributed by atoms with van der Waals surface area (Å²) in [5.41, 5.74) is 5.33. The van der Waals surface area contributed by atoms with Gasteiger partial charge in [-0.3, -0.25) is 0 Å². The molecule has 5 N–H and O–H groups in total. The molecule has 80 valence electrons. The number of aromatic nitrogens is 7. The lowest BCUT2D eigenvalue weighted by atomic mass is 10.9. The van der Waals surface area contributed by atoms with E-state index < -0.39 is 10.9 Å². The first-order valence-corrected chi connectivity index (χ1v) is 3.29. The standard InChI is InChI=1S/C3H3N9O2.H2O/c4-1-5-2(12(13)14)8-11(1)3-6-9-10-7-3;/h(H2,4,5,8)(H,6,7,9,10);1H2. The highest BCUT2D eigenvalue weighted by molar-refractivity contribution is 5.28. The predicted molar refractivity (Wildman–Crippen MR) is 43.8 cm³/mol. The largest absolute Gasteiger partial charge is 0.493 e. The van der Waals surface area contributed by atoms with Crippen LogP contribution in [-0.4, -0.2) is 45.8 Å². The van der Waals surface area contributed by atoms with Crippen LogP contribution in [-0.2, 0) is 0 Å². The van der Waals surface area contributed by atoms with Gasteiger partial charge in [-0.25, -0.2) is 0 Å². The molecule has 0 radical (unpaired) electrons. The molecule has 2 heterocycles. The van der Waals surface area contributed by atoms with Gasteiger partial charge in [0, 0.05) is 5.10 Å². The smallest absolute Gasteiger partial charge is 0.412 e. The molecule has 0 fully saturated rings. The number of hydrogen-bond donors (Lipinski definition) is 2. The number of tetrazole rings is 1. The third-order valence-corrected chi connectivity index (χ3v) is 1.31. The number of nitrogens with one attached hydrogen (secondary N) is 1. The van der Waals surface area contributed by atoms with Gasteiger partial charge in [0.25, 0.3) is 0 Å². The van der Waals surface area contributed by atoms with Crippen molar-refractivity contribution in [3.05, 3.63) is 10.1 Å². The Hall–Kier alpha value is -2.63. The lowest BCUT2D eigenvalue weighted by Gasteiger charge is -1.85. The Morgan fingerprint density at radius 3 is 2.73 bits per heavy atom. The molecule has 12 nitrogen and oxygen atoms in total. The first-order chi connectivity index (χ1) is 6.68. The Labute approximate surface area is 80.6 Å². The number of nitro groups is 1. The van der Waals surface area contributed by atoms with Crippen LogP contribution in [0.2, 0.25) is 0 Å². The van der Waals surface area contributed by atoms with Crippen molar-refractivity contribution in [1.82, 2.24) is 35.4 Å². The molecule has 0 spiro atoms. The van der Waals surface area contributed by atoms with E-state index in [1.165, 1.54) is 0 Å². The first kappa shape index (κ1) is 10.5. The van der Waals surface area contributed by atoms with Crippen molar-refractivity contribution < 1.29 is 10.4 Å². The fourth-order valence-electron chi connectivity index (χ4n) is 0.784. The van der Waals surface area contributed by atoms with E-state index in [2.05, 4.69) is 30.7 Å². The highest BCUT2D eigenvalue weighted by atomic mass is 16.6. The quantitative estimate of drug-likeness (QED) is 0.404. The molecule has 0 aromatic carbocycles. The van der Waals surface area contributed by atoms with E-state index in [0.29, 0.717) is 0 Å². The van der Waals surface area contributed by atoms with E-state index in [-0.39, 0.29) is 17.4 Å². The van der Waals surface area contributed by atoms with E-state index in [9.17, 15) is 10.1 Å². The summed E-state index contributed by atoms with van der Waals surface area (Å²) in [7, 11) is 0. The van der Waals surface area contributed by atoms with Crippen molar-refractivity contribution in [2.75, 3.05) is 5.73 Å². The molecule has 0 atom stereocenters. The number of H-pyrrole nitrogens is 1. The highest BCUT2D eigenvalue weighted by Crippen LogP contribution is 2.09. The molecular formula is C3H5N9O3. The zero-order valence-corrected chi connectivity index (χ0v) is 7.02. The van der Waals surface area contributed by atoms with Gasteiger partial charge in [-0.2, -0.15) is 5.21 Å². The van der Waals surface area contributed by atoms with Crippen molar-refractivity contribution in [1.29, 1.82) is 0 Å². The van der Waals surface area contributed by atoms with Gasteiger partial charge in [-0.1, -0.05) is 9.78 Å². The summed E-state index contributed by atoms with van der Waals surface area (Å²) in [6, 6.07) is 0. The average molecular weight is 215 g/mol. The number of aromatic amines is 1. The topological polar surface area (TPSA) is 186 Å². The van der Waals surface area contributed by atoms with E-state index in [4.69, 9.17) is 5.73 Å². The monoisotopic (exact) mass is 215 g/mol. The SMILES string of the molecule is Nc1nc([N+](=O)[O-])nn1-c1nn[nH]n1.O. The molecule has 0 aliphatic carbocycles.